The van der Waals surface area contributed by atoms with Crippen molar-refractivity contribution >= 4 is 27.5 Å². The fraction of sp³-hybridized carbons (Fsp3) is 0.200. The molecule has 2 rings (SSSR count). The van der Waals surface area contributed by atoms with Crippen LogP contribution in [0.2, 0.25) is 0 Å². The van der Waals surface area contributed by atoms with Crippen LogP contribution >= 0.6 is 15.9 Å². The molecular weight excluding hydrogens is 327 g/mol. The van der Waals surface area contributed by atoms with Crippen LogP contribution in [0, 0.1) is 19.7 Å². The van der Waals surface area contributed by atoms with E-state index in [0.717, 1.165) is 0 Å². The maximum absolute atomic E-state index is 13.1. The number of benzene rings is 1. The van der Waals surface area contributed by atoms with Gasteiger partial charge in [-0.05, 0) is 54.0 Å². The Morgan fingerprint density at radius 1 is 1.20 bits per heavy atom. The molecule has 0 atom stereocenters. The summed E-state index contributed by atoms with van der Waals surface area (Å²) >= 11 is 3.01. The first-order valence-electron chi connectivity index (χ1n) is 5.97. The van der Waals surface area contributed by atoms with Gasteiger partial charge in [0.15, 0.2) is 11.6 Å². The molecule has 0 spiro atoms. The SMILES string of the molecule is Cc1cc(C(=O)CC(=O)c2ccc(F)c(Br)c2)c(C)o1. The molecule has 0 aliphatic carbocycles. The van der Waals surface area contributed by atoms with Crippen molar-refractivity contribution in [3.05, 3.63) is 57.2 Å². The number of carbonyl (C=O) groups excluding carboxylic acids is 2. The molecule has 2 aromatic rings. The van der Waals surface area contributed by atoms with Crippen LogP contribution in [0.5, 0.6) is 0 Å². The molecule has 0 aliphatic rings. The molecule has 1 aromatic heterocycles. The lowest BCUT2D eigenvalue weighted by Gasteiger charge is -2.02. The third-order valence-corrected chi connectivity index (χ3v) is 3.51. The quantitative estimate of drug-likeness (QED) is 0.618. The fourth-order valence-electron chi connectivity index (χ4n) is 1.92. The average Bonchev–Trinajstić information content (AvgIpc) is 2.71. The summed E-state index contributed by atoms with van der Waals surface area (Å²) in [5.41, 5.74) is 0.710. The van der Waals surface area contributed by atoms with E-state index in [2.05, 4.69) is 15.9 Å². The molecule has 0 amide bonds. The van der Waals surface area contributed by atoms with Gasteiger partial charge in [-0.1, -0.05) is 0 Å². The zero-order valence-electron chi connectivity index (χ0n) is 11.0. The van der Waals surface area contributed by atoms with Gasteiger partial charge >= 0.3 is 0 Å². The standard InChI is InChI=1S/C15H12BrFO3/c1-8-5-11(9(2)20-8)15(19)7-14(18)10-3-4-13(17)12(16)6-10/h3-6H,7H2,1-2H3. The first kappa shape index (κ1) is 14.7. The van der Waals surface area contributed by atoms with Crippen LogP contribution in [0.15, 0.2) is 33.2 Å². The molecule has 0 radical (unpaired) electrons. The second kappa shape index (κ2) is 5.71. The summed E-state index contributed by atoms with van der Waals surface area (Å²) in [5.74, 6) is 0.0244. The average molecular weight is 339 g/mol. The molecule has 104 valence electrons. The van der Waals surface area contributed by atoms with E-state index in [9.17, 15) is 14.0 Å². The lowest BCUT2D eigenvalue weighted by molar-refractivity contribution is 0.0893. The number of hydrogen-bond acceptors (Lipinski definition) is 3. The van der Waals surface area contributed by atoms with E-state index in [0.29, 0.717) is 22.6 Å². The highest BCUT2D eigenvalue weighted by atomic mass is 79.9. The Hall–Kier alpha value is -1.75. The van der Waals surface area contributed by atoms with Crippen molar-refractivity contribution in [2.24, 2.45) is 0 Å². The summed E-state index contributed by atoms with van der Waals surface area (Å²) in [4.78, 5) is 24.1. The largest absolute Gasteiger partial charge is 0.466 e. The molecular formula is C15H12BrFO3. The van der Waals surface area contributed by atoms with Gasteiger partial charge in [0.25, 0.3) is 0 Å². The molecule has 1 aromatic carbocycles. The summed E-state index contributed by atoms with van der Waals surface area (Å²) in [6.07, 6.45) is -0.266. The predicted octanol–water partition coefficient (Wildman–Crippen LogP) is 4.25. The second-order valence-corrected chi connectivity index (χ2v) is 5.33. The monoisotopic (exact) mass is 338 g/mol. The molecule has 0 aliphatic heterocycles. The minimum Gasteiger partial charge on any atom is -0.466 e. The first-order chi connectivity index (χ1) is 9.38. The van der Waals surface area contributed by atoms with E-state index >= 15 is 0 Å². The van der Waals surface area contributed by atoms with Crippen LogP contribution in [-0.2, 0) is 0 Å². The van der Waals surface area contributed by atoms with Crippen LogP contribution in [0.3, 0.4) is 0 Å². The minimum atomic E-state index is -0.450. The highest BCUT2D eigenvalue weighted by Crippen LogP contribution is 2.20. The second-order valence-electron chi connectivity index (χ2n) is 4.48. The van der Waals surface area contributed by atoms with E-state index < -0.39 is 5.82 Å². The van der Waals surface area contributed by atoms with Crippen molar-refractivity contribution in [3.8, 4) is 0 Å². The van der Waals surface area contributed by atoms with Gasteiger partial charge in [-0.15, -0.1) is 0 Å². The van der Waals surface area contributed by atoms with E-state index in [1.165, 1.54) is 18.2 Å². The Labute approximate surface area is 123 Å². The Morgan fingerprint density at radius 3 is 2.45 bits per heavy atom. The highest BCUT2D eigenvalue weighted by Gasteiger charge is 2.18. The zero-order chi connectivity index (χ0) is 14.9. The Bertz CT molecular complexity index is 688. The van der Waals surface area contributed by atoms with Crippen LogP contribution < -0.4 is 0 Å². The maximum Gasteiger partial charge on any atom is 0.174 e. The third kappa shape index (κ3) is 3.04. The van der Waals surface area contributed by atoms with Crippen LogP contribution in [0.1, 0.15) is 38.7 Å². The van der Waals surface area contributed by atoms with E-state index in [1.807, 2.05) is 0 Å². The van der Waals surface area contributed by atoms with Crippen molar-refractivity contribution < 1.29 is 18.4 Å². The third-order valence-electron chi connectivity index (χ3n) is 2.90. The topological polar surface area (TPSA) is 47.3 Å². The molecule has 5 heteroatoms. The van der Waals surface area contributed by atoms with E-state index in [-0.39, 0.29) is 22.5 Å². The van der Waals surface area contributed by atoms with Crippen LogP contribution in [0.25, 0.3) is 0 Å². The number of rotatable bonds is 4. The molecule has 0 unspecified atom stereocenters. The van der Waals surface area contributed by atoms with E-state index in [4.69, 9.17) is 4.42 Å². The number of halogens is 2. The maximum atomic E-state index is 13.1. The summed E-state index contributed by atoms with van der Waals surface area (Å²) < 4.78 is 18.6. The number of hydrogen-bond donors (Lipinski definition) is 0. The predicted molar refractivity (Wildman–Crippen MR) is 75.6 cm³/mol. The minimum absolute atomic E-state index is 0.200. The summed E-state index contributed by atoms with van der Waals surface area (Å²) in [6.45, 7) is 3.42. The van der Waals surface area contributed by atoms with Gasteiger partial charge in [-0.2, -0.15) is 0 Å². The summed E-state index contributed by atoms with van der Waals surface area (Å²) in [6, 6.07) is 5.54. The number of carbonyl (C=O) groups is 2. The normalized spacial score (nSPS) is 10.6. The fourth-order valence-corrected chi connectivity index (χ4v) is 2.30. The molecule has 0 bridgehead atoms. The van der Waals surface area contributed by atoms with Crippen molar-refractivity contribution in [1.29, 1.82) is 0 Å². The van der Waals surface area contributed by atoms with Gasteiger partial charge in [-0.3, -0.25) is 9.59 Å². The molecule has 0 fully saturated rings. The van der Waals surface area contributed by atoms with Gasteiger partial charge in [0.1, 0.15) is 17.3 Å². The van der Waals surface area contributed by atoms with Crippen molar-refractivity contribution in [3.63, 3.8) is 0 Å². The lowest BCUT2D eigenvalue weighted by Crippen LogP contribution is -2.09. The van der Waals surface area contributed by atoms with Gasteiger partial charge < -0.3 is 4.42 Å². The van der Waals surface area contributed by atoms with Crippen molar-refractivity contribution in [2.75, 3.05) is 0 Å². The molecule has 20 heavy (non-hydrogen) atoms. The Kier molecular flexibility index (Phi) is 4.18. The smallest absolute Gasteiger partial charge is 0.174 e. The van der Waals surface area contributed by atoms with Crippen molar-refractivity contribution in [1.82, 2.24) is 0 Å². The summed E-state index contributed by atoms with van der Waals surface area (Å²) in [5, 5.41) is 0. The molecule has 1 heterocycles. The van der Waals surface area contributed by atoms with Gasteiger partial charge in [0.05, 0.1) is 16.5 Å². The van der Waals surface area contributed by atoms with Crippen LogP contribution in [-0.4, -0.2) is 11.6 Å². The van der Waals surface area contributed by atoms with Crippen LogP contribution in [0.4, 0.5) is 4.39 Å². The van der Waals surface area contributed by atoms with E-state index in [1.54, 1.807) is 19.9 Å². The molecule has 0 N–H and O–H groups in total. The lowest BCUT2D eigenvalue weighted by atomic mass is 10.0. The van der Waals surface area contributed by atoms with Crippen molar-refractivity contribution in [2.45, 2.75) is 20.3 Å². The number of Topliss-reactive ketones (excluding diaryl/α,β-unsaturated/α-hetero) is 2. The number of aryl methyl sites for hydroxylation is 2. The number of furan rings is 1. The van der Waals surface area contributed by atoms with Gasteiger partial charge in [-0.25, -0.2) is 4.39 Å². The molecule has 0 saturated carbocycles. The Morgan fingerprint density at radius 2 is 1.90 bits per heavy atom. The van der Waals surface area contributed by atoms with Gasteiger partial charge in [0.2, 0.25) is 0 Å². The Balaban J connectivity index is 2.17. The van der Waals surface area contributed by atoms with Gasteiger partial charge in [0, 0.05) is 5.56 Å². The molecule has 0 saturated heterocycles. The summed E-state index contributed by atoms with van der Waals surface area (Å²) in [7, 11) is 0. The number of ketones is 2. The highest BCUT2D eigenvalue weighted by molar-refractivity contribution is 9.10. The first-order valence-corrected chi connectivity index (χ1v) is 6.76. The molecule has 3 nitrogen and oxygen atoms in total. The zero-order valence-corrected chi connectivity index (χ0v) is 12.6.